The number of fused-ring (bicyclic) bond motifs is 2. The summed E-state index contributed by atoms with van der Waals surface area (Å²) in [7, 11) is 0. The van der Waals surface area contributed by atoms with E-state index in [0.29, 0.717) is 0 Å². The quantitative estimate of drug-likeness (QED) is 0.761. The lowest BCUT2D eigenvalue weighted by molar-refractivity contribution is -1.02. The molecule has 0 amide bonds. The molecule has 1 saturated heterocycles. The molecule has 1 aromatic rings. The van der Waals surface area contributed by atoms with Gasteiger partial charge in [0.1, 0.15) is 32.7 Å². The third kappa shape index (κ3) is 3.24. The van der Waals surface area contributed by atoms with E-state index in [1.54, 1.807) is 4.90 Å². The largest absolute Gasteiger partial charge is 0.325 e. The number of allylic oxidation sites excluding steroid dienone is 2. The lowest BCUT2D eigenvalue weighted by atomic mass is 9.93. The molecule has 3 atom stereocenters. The minimum Gasteiger partial charge on any atom is -0.325 e. The van der Waals surface area contributed by atoms with Gasteiger partial charge in [0.05, 0.1) is 6.54 Å². The predicted octanol–water partition coefficient (Wildman–Crippen LogP) is 0.836. The van der Waals surface area contributed by atoms with E-state index >= 15 is 0 Å². The molecule has 2 aliphatic carbocycles. The van der Waals surface area contributed by atoms with Crippen molar-refractivity contribution in [3.8, 4) is 0 Å². The van der Waals surface area contributed by atoms with Gasteiger partial charge in [0.25, 0.3) is 0 Å². The summed E-state index contributed by atoms with van der Waals surface area (Å²) < 4.78 is 0. The Morgan fingerprint density at radius 2 is 1.64 bits per heavy atom. The van der Waals surface area contributed by atoms with Gasteiger partial charge in [0.15, 0.2) is 0 Å². The molecule has 3 aliphatic rings. The fourth-order valence-corrected chi connectivity index (χ4v) is 4.86. The average Bonchev–Trinajstić information content (AvgIpc) is 3.14. The number of piperazine rings is 1. The van der Waals surface area contributed by atoms with Gasteiger partial charge in [-0.3, -0.25) is 0 Å². The molecule has 2 bridgehead atoms. The van der Waals surface area contributed by atoms with Crippen molar-refractivity contribution in [2.45, 2.75) is 19.4 Å². The number of hydrogen-bond acceptors (Lipinski definition) is 0. The van der Waals surface area contributed by atoms with Crippen molar-refractivity contribution >= 4 is 11.6 Å². The van der Waals surface area contributed by atoms with Crippen LogP contribution in [-0.2, 0) is 6.54 Å². The first-order chi connectivity index (χ1) is 10.8. The highest BCUT2D eigenvalue weighted by atomic mass is 35.5. The van der Waals surface area contributed by atoms with Gasteiger partial charge in [-0.05, 0) is 36.8 Å². The molecule has 0 unspecified atom stereocenters. The Morgan fingerprint density at radius 3 is 2.27 bits per heavy atom. The number of quaternary nitrogens is 2. The molecular formula is C19H27ClN2+2. The predicted molar refractivity (Wildman–Crippen MR) is 90.3 cm³/mol. The standard InChI is InChI=1S/C19H25ClN2/c20-19-5-2-15(3-6-19)13-21-7-9-22(10-8-21)14-18-12-16-1-4-17(18)11-16/h1-6,16-18H,7-14H2/p+2/t16-,17-,18-/m0/s1. The molecule has 1 aliphatic heterocycles. The third-order valence-corrected chi connectivity index (χ3v) is 6.25. The molecular weight excluding hydrogens is 292 g/mol. The summed E-state index contributed by atoms with van der Waals surface area (Å²) in [5.41, 5.74) is 1.42. The van der Waals surface area contributed by atoms with Crippen LogP contribution in [-0.4, -0.2) is 32.7 Å². The first-order valence-corrected chi connectivity index (χ1v) is 9.24. The summed E-state index contributed by atoms with van der Waals surface area (Å²) in [6.45, 7) is 7.89. The first kappa shape index (κ1) is 14.7. The van der Waals surface area contributed by atoms with E-state index in [-0.39, 0.29) is 0 Å². The van der Waals surface area contributed by atoms with Crippen molar-refractivity contribution in [2.75, 3.05) is 32.7 Å². The van der Waals surface area contributed by atoms with Crippen LogP contribution in [0.25, 0.3) is 0 Å². The summed E-state index contributed by atoms with van der Waals surface area (Å²) in [5.74, 6) is 2.81. The van der Waals surface area contributed by atoms with Crippen LogP contribution in [0.1, 0.15) is 18.4 Å². The SMILES string of the molecule is Clc1ccc(C[NH+]2CC[NH+](C[C@@H]3C[C@H]4C=C[C@H]3C4)CC2)cc1. The van der Waals surface area contributed by atoms with Crippen molar-refractivity contribution in [1.29, 1.82) is 0 Å². The van der Waals surface area contributed by atoms with Crippen LogP contribution in [0.4, 0.5) is 0 Å². The van der Waals surface area contributed by atoms with Crippen molar-refractivity contribution in [2.24, 2.45) is 17.8 Å². The number of halogens is 1. The zero-order valence-electron chi connectivity index (χ0n) is 13.2. The molecule has 0 radical (unpaired) electrons. The second-order valence-corrected chi connectivity index (χ2v) is 7.98. The summed E-state index contributed by atoms with van der Waals surface area (Å²) >= 11 is 5.97. The van der Waals surface area contributed by atoms with Crippen LogP contribution in [0.3, 0.4) is 0 Å². The molecule has 4 rings (SSSR count). The van der Waals surface area contributed by atoms with Gasteiger partial charge in [-0.15, -0.1) is 0 Å². The maximum atomic E-state index is 5.97. The highest BCUT2D eigenvalue weighted by Gasteiger charge is 2.38. The van der Waals surface area contributed by atoms with Crippen LogP contribution in [0.15, 0.2) is 36.4 Å². The van der Waals surface area contributed by atoms with Gasteiger partial charge >= 0.3 is 0 Å². The van der Waals surface area contributed by atoms with E-state index in [2.05, 4.69) is 24.3 Å². The van der Waals surface area contributed by atoms with Crippen LogP contribution in [0.5, 0.6) is 0 Å². The summed E-state index contributed by atoms with van der Waals surface area (Å²) in [4.78, 5) is 3.59. The highest BCUT2D eigenvalue weighted by molar-refractivity contribution is 6.30. The fraction of sp³-hybridized carbons (Fsp3) is 0.579. The molecule has 1 heterocycles. The zero-order valence-corrected chi connectivity index (χ0v) is 14.0. The molecule has 1 saturated carbocycles. The Hall–Kier alpha value is -0.830. The van der Waals surface area contributed by atoms with Crippen LogP contribution >= 0.6 is 11.6 Å². The first-order valence-electron chi connectivity index (χ1n) is 8.86. The normalized spacial score (nSPS) is 36.9. The van der Waals surface area contributed by atoms with Gasteiger partial charge in [0.2, 0.25) is 0 Å². The second-order valence-electron chi connectivity index (χ2n) is 7.55. The average molecular weight is 319 g/mol. The molecule has 2 N–H and O–H groups in total. The molecule has 2 fully saturated rings. The number of nitrogens with one attached hydrogen (secondary N) is 2. The van der Waals surface area contributed by atoms with Crippen molar-refractivity contribution in [3.63, 3.8) is 0 Å². The van der Waals surface area contributed by atoms with Gasteiger partial charge in [-0.25, -0.2) is 0 Å². The van der Waals surface area contributed by atoms with Crippen molar-refractivity contribution in [3.05, 3.63) is 47.0 Å². The Balaban J connectivity index is 1.24. The molecule has 0 aromatic heterocycles. The fourth-order valence-electron chi connectivity index (χ4n) is 4.73. The summed E-state index contributed by atoms with van der Waals surface area (Å²) in [5, 5.41) is 0.841. The highest BCUT2D eigenvalue weighted by Crippen LogP contribution is 2.42. The zero-order chi connectivity index (χ0) is 14.9. The lowest BCUT2D eigenvalue weighted by Crippen LogP contribution is -3.27. The lowest BCUT2D eigenvalue weighted by Gasteiger charge is -2.32. The van der Waals surface area contributed by atoms with Gasteiger partial charge in [-0.2, -0.15) is 0 Å². The Bertz CT molecular complexity index is 531. The summed E-state index contributed by atoms with van der Waals surface area (Å²) in [6, 6.07) is 8.38. The third-order valence-electron chi connectivity index (χ3n) is 6.00. The van der Waals surface area contributed by atoms with Crippen LogP contribution in [0.2, 0.25) is 5.02 Å². The van der Waals surface area contributed by atoms with Crippen LogP contribution in [0, 0.1) is 17.8 Å². The van der Waals surface area contributed by atoms with E-state index in [9.17, 15) is 0 Å². The smallest absolute Gasteiger partial charge is 0.127 e. The summed E-state index contributed by atoms with van der Waals surface area (Å²) in [6.07, 6.45) is 7.88. The molecule has 0 spiro atoms. The Kier molecular flexibility index (Phi) is 4.25. The topological polar surface area (TPSA) is 8.88 Å². The molecule has 2 nitrogen and oxygen atoms in total. The van der Waals surface area contributed by atoms with E-state index in [1.165, 1.54) is 51.1 Å². The Morgan fingerprint density at radius 1 is 0.909 bits per heavy atom. The van der Waals surface area contributed by atoms with Crippen molar-refractivity contribution in [1.82, 2.24) is 0 Å². The molecule has 1 aromatic carbocycles. The van der Waals surface area contributed by atoms with Gasteiger partial charge in [0, 0.05) is 16.5 Å². The Labute approximate surface area is 138 Å². The minimum absolute atomic E-state index is 0.841. The maximum absolute atomic E-state index is 5.97. The van der Waals surface area contributed by atoms with E-state index < -0.39 is 0 Å². The molecule has 3 heteroatoms. The van der Waals surface area contributed by atoms with E-state index in [0.717, 1.165) is 29.3 Å². The second kappa shape index (κ2) is 6.35. The number of rotatable bonds is 4. The molecule has 22 heavy (non-hydrogen) atoms. The maximum Gasteiger partial charge on any atom is 0.127 e. The monoisotopic (exact) mass is 318 g/mol. The number of benzene rings is 1. The minimum atomic E-state index is 0.841. The van der Waals surface area contributed by atoms with Crippen LogP contribution < -0.4 is 9.80 Å². The van der Waals surface area contributed by atoms with Gasteiger partial charge in [-0.1, -0.05) is 35.9 Å². The molecule has 118 valence electrons. The van der Waals surface area contributed by atoms with Gasteiger partial charge < -0.3 is 9.80 Å². The van der Waals surface area contributed by atoms with E-state index in [4.69, 9.17) is 11.6 Å². The number of hydrogen-bond donors (Lipinski definition) is 2. The van der Waals surface area contributed by atoms with E-state index in [1.807, 2.05) is 17.0 Å². The van der Waals surface area contributed by atoms with Crippen molar-refractivity contribution < 1.29 is 9.80 Å².